The monoisotopic (exact) mass is 694 g/mol. The molecule has 0 bridgehead atoms. The number of phosphoric ester groups is 1. The molecule has 0 aromatic carbocycles. The van der Waals surface area contributed by atoms with E-state index in [0.717, 1.165) is 89.9 Å². The van der Waals surface area contributed by atoms with Crippen LogP contribution in [0.4, 0.5) is 0 Å². The van der Waals surface area contributed by atoms with Crippen LogP contribution in [0.5, 0.6) is 0 Å². The first-order valence-corrected chi connectivity index (χ1v) is 20.1. The molecule has 0 saturated carbocycles. The zero-order valence-corrected chi connectivity index (χ0v) is 31.0. The summed E-state index contributed by atoms with van der Waals surface area (Å²) in [4.78, 5) is 42.7. The zero-order chi connectivity index (χ0) is 35.4. The Hall–Kier alpha value is -2.25. The summed E-state index contributed by atoms with van der Waals surface area (Å²) in [6.45, 7) is 3.50. The molecule has 2 N–H and O–H groups in total. The predicted octanol–water partition coefficient (Wildman–Crippen LogP) is 11.0. The third-order valence-corrected chi connectivity index (χ3v) is 8.01. The summed E-state index contributed by atoms with van der Waals surface area (Å²) in [5.74, 6) is -0.927. The SMILES string of the molecule is CC/C=C\C/C=C\C/C=C\CCCCCCCC(=O)O[C@H](COC(=O)CCCCCCC/C=C\C/C=C\CCCCC)COP(=O)(O)O. The third kappa shape index (κ3) is 36.6. The number of hydrogen-bond donors (Lipinski definition) is 2. The molecule has 0 aliphatic carbocycles. The summed E-state index contributed by atoms with van der Waals surface area (Å²) in [5.41, 5.74) is 0. The van der Waals surface area contributed by atoms with E-state index in [-0.39, 0.29) is 19.4 Å². The molecule has 0 aliphatic heterocycles. The van der Waals surface area contributed by atoms with Crippen LogP contribution in [0.2, 0.25) is 0 Å². The molecule has 0 aromatic heterocycles. The number of allylic oxidation sites excluding steroid dienone is 10. The van der Waals surface area contributed by atoms with Crippen LogP contribution >= 0.6 is 7.82 Å². The van der Waals surface area contributed by atoms with Crippen LogP contribution in [0.25, 0.3) is 0 Å². The van der Waals surface area contributed by atoms with Crippen LogP contribution in [0.3, 0.4) is 0 Å². The van der Waals surface area contributed by atoms with Crippen molar-refractivity contribution >= 4 is 19.8 Å². The average molecular weight is 695 g/mol. The molecular weight excluding hydrogens is 627 g/mol. The second-order valence-electron chi connectivity index (χ2n) is 12.2. The molecule has 0 aliphatic rings. The lowest BCUT2D eigenvalue weighted by Crippen LogP contribution is -2.29. The van der Waals surface area contributed by atoms with Crippen LogP contribution in [0.15, 0.2) is 60.8 Å². The van der Waals surface area contributed by atoms with Gasteiger partial charge in [0.15, 0.2) is 6.10 Å². The van der Waals surface area contributed by atoms with E-state index in [2.05, 4.69) is 79.1 Å². The first-order valence-electron chi connectivity index (χ1n) is 18.6. The maximum absolute atomic E-state index is 12.3. The summed E-state index contributed by atoms with van der Waals surface area (Å²) in [5, 5.41) is 0. The molecule has 0 aromatic rings. The van der Waals surface area contributed by atoms with Crippen LogP contribution in [0, 0.1) is 0 Å². The minimum Gasteiger partial charge on any atom is -0.462 e. The molecule has 48 heavy (non-hydrogen) atoms. The van der Waals surface area contributed by atoms with Crippen molar-refractivity contribution in [2.45, 2.75) is 161 Å². The molecule has 0 saturated heterocycles. The highest BCUT2D eigenvalue weighted by Crippen LogP contribution is 2.36. The second kappa shape index (κ2) is 34.6. The quantitative estimate of drug-likeness (QED) is 0.0301. The van der Waals surface area contributed by atoms with Crippen LogP contribution in [-0.2, 0) is 28.2 Å². The van der Waals surface area contributed by atoms with Crippen molar-refractivity contribution < 1.29 is 37.9 Å². The Morgan fingerprint density at radius 1 is 0.562 bits per heavy atom. The van der Waals surface area contributed by atoms with Gasteiger partial charge in [-0.3, -0.25) is 14.1 Å². The summed E-state index contributed by atoms with van der Waals surface area (Å²) < 4.78 is 26.3. The number of hydrogen-bond acceptors (Lipinski definition) is 6. The molecule has 0 spiro atoms. The number of carbonyl (C=O) groups excluding carboxylic acids is 2. The maximum Gasteiger partial charge on any atom is 0.469 e. The Labute approximate surface area is 292 Å². The number of esters is 2. The van der Waals surface area contributed by atoms with E-state index in [1.807, 2.05) is 0 Å². The van der Waals surface area contributed by atoms with Crippen LogP contribution < -0.4 is 0 Å². The van der Waals surface area contributed by atoms with E-state index in [4.69, 9.17) is 19.3 Å². The van der Waals surface area contributed by atoms with Gasteiger partial charge in [-0.25, -0.2) is 4.57 Å². The van der Waals surface area contributed by atoms with Gasteiger partial charge in [-0.05, 0) is 77.0 Å². The van der Waals surface area contributed by atoms with Crippen molar-refractivity contribution in [3.63, 3.8) is 0 Å². The van der Waals surface area contributed by atoms with Gasteiger partial charge in [-0.2, -0.15) is 0 Å². The van der Waals surface area contributed by atoms with E-state index >= 15 is 0 Å². The van der Waals surface area contributed by atoms with E-state index < -0.39 is 32.5 Å². The molecule has 276 valence electrons. The first kappa shape index (κ1) is 45.8. The third-order valence-electron chi connectivity index (χ3n) is 7.52. The largest absolute Gasteiger partial charge is 0.469 e. The van der Waals surface area contributed by atoms with Gasteiger partial charge in [0, 0.05) is 12.8 Å². The zero-order valence-electron chi connectivity index (χ0n) is 30.1. The van der Waals surface area contributed by atoms with Crippen molar-refractivity contribution in [1.29, 1.82) is 0 Å². The normalized spacial score (nSPS) is 13.2. The lowest BCUT2D eigenvalue weighted by atomic mass is 10.1. The Kier molecular flexibility index (Phi) is 33.0. The molecule has 0 amide bonds. The standard InChI is InChI=1S/C39H67O8P/c1-3-5-7-9-11-13-15-17-19-21-23-25-27-29-31-33-38(40)45-35-37(36-46-48(42,43)44)47-39(41)34-32-30-28-26-24-22-20-18-16-14-12-10-8-6-4-2/h6,8,11-14,17-20,37H,3-5,7,9-10,15-16,21-36H2,1-2H3,(H2,42,43,44)/b8-6-,13-11-,14-12-,19-17-,20-18-/t37-/m1/s1. The minimum absolute atomic E-state index is 0.187. The number of rotatable bonds is 33. The van der Waals surface area contributed by atoms with Crippen molar-refractivity contribution in [3.8, 4) is 0 Å². The summed E-state index contributed by atoms with van der Waals surface area (Å²) in [6.07, 6.45) is 42.2. The summed E-state index contributed by atoms with van der Waals surface area (Å²) in [6, 6.07) is 0. The van der Waals surface area contributed by atoms with E-state index in [9.17, 15) is 14.2 Å². The van der Waals surface area contributed by atoms with Gasteiger partial charge >= 0.3 is 19.8 Å². The predicted molar refractivity (Wildman–Crippen MR) is 197 cm³/mol. The van der Waals surface area contributed by atoms with Crippen molar-refractivity contribution in [3.05, 3.63) is 60.8 Å². The van der Waals surface area contributed by atoms with Gasteiger partial charge in [0.05, 0.1) is 6.61 Å². The van der Waals surface area contributed by atoms with Gasteiger partial charge < -0.3 is 19.3 Å². The Bertz CT molecular complexity index is 963. The molecule has 8 nitrogen and oxygen atoms in total. The highest BCUT2D eigenvalue weighted by atomic mass is 31.2. The van der Waals surface area contributed by atoms with Crippen LogP contribution in [-0.4, -0.2) is 41.0 Å². The molecule has 0 heterocycles. The molecule has 0 radical (unpaired) electrons. The molecule has 9 heteroatoms. The Morgan fingerprint density at radius 2 is 1.00 bits per heavy atom. The fourth-order valence-corrected chi connectivity index (χ4v) is 5.13. The van der Waals surface area contributed by atoms with E-state index in [1.165, 1.54) is 25.7 Å². The van der Waals surface area contributed by atoms with E-state index in [0.29, 0.717) is 12.8 Å². The number of phosphoric acid groups is 1. The molecule has 0 rings (SSSR count). The Balaban J connectivity index is 4.04. The maximum atomic E-state index is 12.3. The van der Waals surface area contributed by atoms with E-state index in [1.54, 1.807) is 0 Å². The number of unbranched alkanes of at least 4 members (excludes halogenated alkanes) is 13. The van der Waals surface area contributed by atoms with Crippen LogP contribution in [0.1, 0.15) is 155 Å². The van der Waals surface area contributed by atoms with Crippen molar-refractivity contribution in [1.82, 2.24) is 0 Å². The summed E-state index contributed by atoms with van der Waals surface area (Å²) >= 11 is 0. The first-order chi connectivity index (χ1) is 23.3. The van der Waals surface area contributed by atoms with Gasteiger partial charge in [0.1, 0.15) is 6.61 Å². The number of carbonyl (C=O) groups is 2. The van der Waals surface area contributed by atoms with Gasteiger partial charge in [0.2, 0.25) is 0 Å². The lowest BCUT2D eigenvalue weighted by molar-refractivity contribution is -0.161. The summed E-state index contributed by atoms with van der Waals surface area (Å²) in [7, 11) is -4.76. The lowest BCUT2D eigenvalue weighted by Gasteiger charge is -2.18. The van der Waals surface area contributed by atoms with Crippen molar-refractivity contribution in [2.75, 3.05) is 13.2 Å². The Morgan fingerprint density at radius 3 is 1.50 bits per heavy atom. The highest BCUT2D eigenvalue weighted by Gasteiger charge is 2.22. The number of ether oxygens (including phenoxy) is 2. The van der Waals surface area contributed by atoms with Gasteiger partial charge in [-0.15, -0.1) is 0 Å². The van der Waals surface area contributed by atoms with Crippen molar-refractivity contribution in [2.24, 2.45) is 0 Å². The van der Waals surface area contributed by atoms with Gasteiger partial charge in [-0.1, -0.05) is 126 Å². The fourth-order valence-electron chi connectivity index (χ4n) is 4.77. The topological polar surface area (TPSA) is 119 Å². The smallest absolute Gasteiger partial charge is 0.462 e. The average Bonchev–Trinajstić information content (AvgIpc) is 3.05. The fraction of sp³-hybridized carbons (Fsp3) is 0.692. The molecule has 1 atom stereocenters. The van der Waals surface area contributed by atoms with Gasteiger partial charge in [0.25, 0.3) is 0 Å². The second-order valence-corrected chi connectivity index (χ2v) is 13.4. The highest BCUT2D eigenvalue weighted by molar-refractivity contribution is 7.46. The minimum atomic E-state index is -4.76. The molecule has 0 unspecified atom stereocenters. The molecule has 0 fully saturated rings. The molecular formula is C39H67O8P.